The van der Waals surface area contributed by atoms with Crippen LogP contribution < -0.4 is 0 Å². The molecule has 94 valence electrons. The van der Waals surface area contributed by atoms with E-state index in [0.717, 1.165) is 25.7 Å². The molecule has 15 heavy (non-hydrogen) atoms. The van der Waals surface area contributed by atoms with Crippen molar-refractivity contribution in [3.8, 4) is 0 Å². The highest BCUT2D eigenvalue weighted by Gasteiger charge is 1.84. The van der Waals surface area contributed by atoms with E-state index in [1.165, 1.54) is 0 Å². The van der Waals surface area contributed by atoms with E-state index in [9.17, 15) is 0 Å². The molecule has 0 radical (unpaired) electrons. The van der Waals surface area contributed by atoms with Gasteiger partial charge in [-0.2, -0.15) is 0 Å². The number of hydrogen-bond acceptors (Lipinski definition) is 5. The van der Waals surface area contributed by atoms with Crippen LogP contribution >= 0.6 is 0 Å². The third kappa shape index (κ3) is 24.8. The molecule has 0 saturated carbocycles. The minimum atomic E-state index is 0.0278. The Labute approximate surface area is 91.3 Å². The zero-order valence-corrected chi connectivity index (χ0v) is 9.27. The Balaban J connectivity index is 0. The van der Waals surface area contributed by atoms with E-state index >= 15 is 0 Å². The molecule has 0 atom stereocenters. The van der Waals surface area contributed by atoms with Crippen LogP contribution in [-0.4, -0.2) is 60.1 Å². The highest BCUT2D eigenvalue weighted by Crippen LogP contribution is 1.96. The van der Waals surface area contributed by atoms with Crippen molar-refractivity contribution < 1.29 is 25.2 Å². The van der Waals surface area contributed by atoms with Gasteiger partial charge in [0.25, 0.3) is 0 Å². The van der Waals surface area contributed by atoms with Crippen molar-refractivity contribution in [3.05, 3.63) is 0 Å². The minimum absolute atomic E-state index is 0.0278. The van der Waals surface area contributed by atoms with Gasteiger partial charge in [-0.05, 0) is 12.8 Å². The van der Waals surface area contributed by atoms with Crippen molar-refractivity contribution >= 4 is 0 Å². The van der Waals surface area contributed by atoms with E-state index in [1.54, 1.807) is 0 Å². The Morgan fingerprint density at radius 3 is 1.20 bits per heavy atom. The summed E-state index contributed by atoms with van der Waals surface area (Å²) < 4.78 is 4.63. The lowest BCUT2D eigenvalue weighted by atomic mass is 10.2. The molecular weight excluding hydrogens is 200 g/mol. The van der Waals surface area contributed by atoms with E-state index in [0.29, 0.717) is 13.2 Å². The standard InChI is InChI=1S/C6H14O2.C4H10O3/c7-5-3-1-2-4-6-8;5-1-3-7-4-2-6/h7-8H,1-6H2;5-6H,1-4H2. The van der Waals surface area contributed by atoms with Gasteiger partial charge in [-0.3, -0.25) is 0 Å². The summed E-state index contributed by atoms with van der Waals surface area (Å²) in [6.07, 6.45) is 3.83. The topological polar surface area (TPSA) is 90.2 Å². The van der Waals surface area contributed by atoms with Crippen LogP contribution in [0.25, 0.3) is 0 Å². The molecule has 0 heterocycles. The lowest BCUT2D eigenvalue weighted by Gasteiger charge is -1.94. The van der Waals surface area contributed by atoms with E-state index in [2.05, 4.69) is 4.74 Å². The Kier molecular flexibility index (Phi) is 22.2. The van der Waals surface area contributed by atoms with Crippen molar-refractivity contribution in [1.29, 1.82) is 0 Å². The maximum atomic E-state index is 8.30. The number of aliphatic hydroxyl groups excluding tert-OH is 4. The molecule has 0 aliphatic rings. The summed E-state index contributed by atoms with van der Waals surface area (Å²) in [6, 6.07) is 0. The van der Waals surface area contributed by atoms with Gasteiger partial charge in [-0.15, -0.1) is 0 Å². The number of hydrogen-bond donors (Lipinski definition) is 4. The van der Waals surface area contributed by atoms with Crippen LogP contribution in [0.15, 0.2) is 0 Å². The Morgan fingerprint density at radius 2 is 0.933 bits per heavy atom. The number of unbranched alkanes of at least 4 members (excludes halogenated alkanes) is 3. The molecule has 0 rings (SSSR count). The monoisotopic (exact) mass is 224 g/mol. The summed E-state index contributed by atoms with van der Waals surface area (Å²) in [7, 11) is 0. The van der Waals surface area contributed by atoms with Crippen LogP contribution in [0.2, 0.25) is 0 Å². The molecule has 0 aromatic carbocycles. The first-order valence-electron chi connectivity index (χ1n) is 5.34. The van der Waals surface area contributed by atoms with Gasteiger partial charge in [-0.1, -0.05) is 12.8 Å². The molecule has 0 aliphatic heterocycles. The smallest absolute Gasteiger partial charge is 0.0698 e. The molecule has 4 N–H and O–H groups in total. The van der Waals surface area contributed by atoms with Crippen molar-refractivity contribution in [2.75, 3.05) is 39.6 Å². The van der Waals surface area contributed by atoms with Crippen LogP contribution in [0.1, 0.15) is 25.7 Å². The normalized spacial score (nSPS) is 9.60. The van der Waals surface area contributed by atoms with Crippen molar-refractivity contribution in [2.24, 2.45) is 0 Å². The second kappa shape index (κ2) is 19.4. The molecule has 0 fully saturated rings. The molecular formula is C10H24O5. The quantitative estimate of drug-likeness (QED) is 0.397. The fourth-order valence-electron chi connectivity index (χ4n) is 0.808. The Morgan fingerprint density at radius 1 is 0.533 bits per heavy atom. The molecule has 0 amide bonds. The molecule has 5 nitrogen and oxygen atoms in total. The van der Waals surface area contributed by atoms with Gasteiger partial charge >= 0.3 is 0 Å². The molecule has 0 spiro atoms. The van der Waals surface area contributed by atoms with Gasteiger partial charge in [0.1, 0.15) is 0 Å². The van der Waals surface area contributed by atoms with Gasteiger partial charge in [-0.25, -0.2) is 0 Å². The molecule has 0 bridgehead atoms. The summed E-state index contributed by atoms with van der Waals surface area (Å²) in [5.74, 6) is 0. The second-order valence-electron chi connectivity index (χ2n) is 2.92. The average Bonchev–Trinajstić information content (AvgIpc) is 2.26. The molecule has 0 aromatic rings. The highest BCUT2D eigenvalue weighted by atomic mass is 16.5. The maximum absolute atomic E-state index is 8.30. The zero-order chi connectivity index (χ0) is 11.8. The van der Waals surface area contributed by atoms with E-state index < -0.39 is 0 Å². The van der Waals surface area contributed by atoms with Gasteiger partial charge < -0.3 is 25.2 Å². The van der Waals surface area contributed by atoms with Crippen molar-refractivity contribution in [2.45, 2.75) is 25.7 Å². The minimum Gasteiger partial charge on any atom is -0.396 e. The fourth-order valence-corrected chi connectivity index (χ4v) is 0.808. The first kappa shape index (κ1) is 17.2. The maximum Gasteiger partial charge on any atom is 0.0698 e. The van der Waals surface area contributed by atoms with E-state index in [1.807, 2.05) is 0 Å². The fraction of sp³-hybridized carbons (Fsp3) is 1.00. The van der Waals surface area contributed by atoms with Crippen LogP contribution in [0.3, 0.4) is 0 Å². The summed E-state index contributed by atoms with van der Waals surface area (Å²) in [4.78, 5) is 0. The first-order chi connectivity index (χ1) is 7.33. The molecule has 0 unspecified atom stereocenters. The molecule has 0 saturated heterocycles. The van der Waals surface area contributed by atoms with Crippen LogP contribution in [0.5, 0.6) is 0 Å². The van der Waals surface area contributed by atoms with Crippen molar-refractivity contribution in [1.82, 2.24) is 0 Å². The summed E-state index contributed by atoms with van der Waals surface area (Å²) in [5.41, 5.74) is 0. The predicted octanol–water partition coefficient (Wildman–Crippen LogP) is -0.481. The van der Waals surface area contributed by atoms with E-state index in [4.69, 9.17) is 20.4 Å². The van der Waals surface area contributed by atoms with Gasteiger partial charge in [0.2, 0.25) is 0 Å². The van der Waals surface area contributed by atoms with Gasteiger partial charge in [0, 0.05) is 13.2 Å². The molecule has 5 heteroatoms. The summed E-state index contributed by atoms with van der Waals surface area (Å²) >= 11 is 0. The molecule has 0 aromatic heterocycles. The van der Waals surface area contributed by atoms with Crippen LogP contribution in [0, 0.1) is 0 Å². The molecule has 0 aliphatic carbocycles. The van der Waals surface area contributed by atoms with E-state index in [-0.39, 0.29) is 26.4 Å². The summed E-state index contributed by atoms with van der Waals surface area (Å²) in [6.45, 7) is 1.26. The van der Waals surface area contributed by atoms with Gasteiger partial charge in [0.05, 0.1) is 26.4 Å². The SMILES string of the molecule is OCCCCCCO.OCCOCCO. The number of ether oxygens (including phenoxy) is 1. The summed E-state index contributed by atoms with van der Waals surface area (Å²) in [5, 5.41) is 32.8. The largest absolute Gasteiger partial charge is 0.396 e. The second-order valence-corrected chi connectivity index (χ2v) is 2.92. The van der Waals surface area contributed by atoms with Crippen molar-refractivity contribution in [3.63, 3.8) is 0 Å². The lowest BCUT2D eigenvalue weighted by molar-refractivity contribution is 0.0650. The van der Waals surface area contributed by atoms with Crippen LogP contribution in [-0.2, 0) is 4.74 Å². The average molecular weight is 224 g/mol. The number of rotatable bonds is 9. The number of aliphatic hydroxyl groups is 4. The predicted molar refractivity (Wildman–Crippen MR) is 57.6 cm³/mol. The Hall–Kier alpha value is -0.200. The van der Waals surface area contributed by atoms with Gasteiger partial charge in [0.15, 0.2) is 0 Å². The zero-order valence-electron chi connectivity index (χ0n) is 9.27. The van der Waals surface area contributed by atoms with Crippen LogP contribution in [0.4, 0.5) is 0 Å². The lowest BCUT2D eigenvalue weighted by Crippen LogP contribution is -2.03. The third-order valence-corrected chi connectivity index (χ3v) is 1.54. The first-order valence-corrected chi connectivity index (χ1v) is 5.34. The Bertz CT molecular complexity index is 79.9. The third-order valence-electron chi connectivity index (χ3n) is 1.54. The highest BCUT2D eigenvalue weighted by molar-refractivity contribution is 4.39.